The highest BCUT2D eigenvalue weighted by atomic mass is 33.1. The summed E-state index contributed by atoms with van der Waals surface area (Å²) in [5.41, 5.74) is 0.771. The number of esters is 2. The lowest BCUT2D eigenvalue weighted by Crippen LogP contribution is -2.52. The molecular formula is C34H51N3O13S2. The van der Waals surface area contributed by atoms with Crippen LogP contribution in [0.2, 0.25) is 0 Å². The second-order valence-corrected chi connectivity index (χ2v) is 14.6. The van der Waals surface area contributed by atoms with E-state index in [9.17, 15) is 29.1 Å². The molecule has 0 saturated carbocycles. The van der Waals surface area contributed by atoms with E-state index < -0.39 is 54.1 Å². The highest BCUT2D eigenvalue weighted by Gasteiger charge is 2.29. The molecule has 52 heavy (non-hydrogen) atoms. The van der Waals surface area contributed by atoms with Crippen LogP contribution in [-0.2, 0) is 58.9 Å². The molecule has 0 radical (unpaired) electrons. The molecule has 3 rings (SSSR count). The van der Waals surface area contributed by atoms with Crippen LogP contribution < -0.4 is 16.0 Å². The molecule has 1 aromatic carbocycles. The number of methoxy groups -OCH3 is 2. The molecule has 18 heteroatoms. The average molecular weight is 774 g/mol. The minimum Gasteiger partial charge on any atom is -0.467 e. The predicted molar refractivity (Wildman–Crippen MR) is 191 cm³/mol. The first kappa shape index (κ1) is 43.3. The Morgan fingerprint density at radius 2 is 1.21 bits per heavy atom. The number of hydrogen-bond donors (Lipinski definition) is 4. The van der Waals surface area contributed by atoms with Gasteiger partial charge in [-0.25, -0.2) is 14.4 Å². The van der Waals surface area contributed by atoms with Crippen LogP contribution >= 0.6 is 21.6 Å². The Balaban J connectivity index is 1.45. The average Bonchev–Trinajstić information content (AvgIpc) is 3.88. The molecule has 2 aliphatic heterocycles. The van der Waals surface area contributed by atoms with E-state index in [-0.39, 0.29) is 38.4 Å². The lowest BCUT2D eigenvalue weighted by molar-refractivity contribution is -0.146. The van der Waals surface area contributed by atoms with Crippen LogP contribution in [0, 0.1) is 0 Å². The third kappa shape index (κ3) is 16.7. The molecule has 4 unspecified atom stereocenters. The van der Waals surface area contributed by atoms with Crippen molar-refractivity contribution in [3.8, 4) is 0 Å². The number of hydrogen-bond acceptors (Lipinski definition) is 15. The highest BCUT2D eigenvalue weighted by molar-refractivity contribution is 8.76. The minimum atomic E-state index is -1.36. The largest absolute Gasteiger partial charge is 0.467 e. The smallest absolute Gasteiger partial charge is 0.408 e. The lowest BCUT2D eigenvalue weighted by atomic mass is 10.1. The Morgan fingerprint density at radius 3 is 1.73 bits per heavy atom. The van der Waals surface area contributed by atoms with E-state index in [4.69, 9.17) is 33.2 Å². The maximum absolute atomic E-state index is 13.4. The molecular weight excluding hydrogens is 723 g/mol. The lowest BCUT2D eigenvalue weighted by Gasteiger charge is -2.22. The number of rotatable bonds is 24. The van der Waals surface area contributed by atoms with E-state index in [1.54, 1.807) is 12.1 Å². The number of nitrogens with one attached hydrogen (secondary N) is 3. The zero-order chi connectivity index (χ0) is 37.6. The SMILES string of the molecule is COC(=O)C(CCCC1OCCO1)NC(=O)C(O)CCSSCCC(NC(=O)OCc1ccccc1)C(=O)NC(CCCC1OCCO1)C(=O)OC. The number of amides is 3. The molecule has 0 spiro atoms. The van der Waals surface area contributed by atoms with Crippen molar-refractivity contribution in [1.29, 1.82) is 0 Å². The normalized spacial score (nSPS) is 17.1. The first-order valence-corrected chi connectivity index (χ1v) is 19.8. The van der Waals surface area contributed by atoms with Crippen molar-refractivity contribution in [1.82, 2.24) is 16.0 Å². The molecule has 2 heterocycles. The fourth-order valence-corrected chi connectivity index (χ4v) is 7.37. The van der Waals surface area contributed by atoms with Crippen molar-refractivity contribution in [2.75, 3.05) is 52.2 Å². The van der Waals surface area contributed by atoms with E-state index in [1.807, 2.05) is 18.2 Å². The molecule has 4 N–H and O–H groups in total. The van der Waals surface area contributed by atoms with Gasteiger partial charge in [-0.1, -0.05) is 51.9 Å². The highest BCUT2D eigenvalue weighted by Crippen LogP contribution is 2.24. The maximum atomic E-state index is 13.4. The predicted octanol–water partition coefficient (Wildman–Crippen LogP) is 2.21. The van der Waals surface area contributed by atoms with E-state index >= 15 is 0 Å². The van der Waals surface area contributed by atoms with Crippen molar-refractivity contribution >= 4 is 51.4 Å². The van der Waals surface area contributed by atoms with Crippen LogP contribution in [0.25, 0.3) is 0 Å². The molecule has 0 aliphatic carbocycles. The van der Waals surface area contributed by atoms with Crippen LogP contribution in [0.1, 0.15) is 56.9 Å². The summed E-state index contributed by atoms with van der Waals surface area (Å²) in [5, 5.41) is 18.3. The third-order valence-electron chi connectivity index (χ3n) is 8.02. The molecule has 3 amide bonds. The maximum Gasteiger partial charge on any atom is 0.408 e. The molecule has 0 aromatic heterocycles. The van der Waals surface area contributed by atoms with Crippen molar-refractivity contribution in [3.05, 3.63) is 35.9 Å². The number of alkyl carbamates (subject to hydrolysis) is 1. The van der Waals surface area contributed by atoms with E-state index in [0.717, 1.165) is 5.56 Å². The van der Waals surface area contributed by atoms with Gasteiger partial charge in [0.1, 0.15) is 30.8 Å². The first-order chi connectivity index (χ1) is 25.2. The second-order valence-electron chi connectivity index (χ2n) is 11.9. The van der Waals surface area contributed by atoms with Crippen LogP contribution in [0.3, 0.4) is 0 Å². The van der Waals surface area contributed by atoms with Crippen molar-refractivity contribution in [2.45, 2.75) is 94.8 Å². The van der Waals surface area contributed by atoms with E-state index in [1.165, 1.54) is 35.8 Å². The number of carbonyl (C=O) groups is 5. The number of carbonyl (C=O) groups excluding carboxylic acids is 5. The zero-order valence-electron chi connectivity index (χ0n) is 29.6. The summed E-state index contributed by atoms with van der Waals surface area (Å²) in [6.45, 7) is 2.06. The van der Waals surface area contributed by atoms with Gasteiger partial charge in [0.2, 0.25) is 11.8 Å². The number of aliphatic hydroxyl groups excluding tert-OH is 1. The van der Waals surface area contributed by atoms with Gasteiger partial charge in [0, 0.05) is 11.5 Å². The van der Waals surface area contributed by atoms with Gasteiger partial charge < -0.3 is 54.2 Å². The topological polar surface area (TPSA) is 206 Å². The summed E-state index contributed by atoms with van der Waals surface area (Å²) >= 11 is 0. The van der Waals surface area contributed by atoms with Gasteiger partial charge in [-0.05, 0) is 56.9 Å². The number of benzene rings is 1. The summed E-state index contributed by atoms with van der Waals surface area (Å²) in [6, 6.07) is 6.17. The van der Waals surface area contributed by atoms with Gasteiger partial charge in [0.15, 0.2) is 12.6 Å². The Hall–Kier alpha value is -3.13. The van der Waals surface area contributed by atoms with Gasteiger partial charge in [-0.15, -0.1) is 0 Å². The molecule has 2 saturated heterocycles. The molecule has 16 nitrogen and oxygen atoms in total. The third-order valence-corrected chi connectivity index (χ3v) is 10.5. The van der Waals surface area contributed by atoms with Gasteiger partial charge in [0.25, 0.3) is 0 Å². The van der Waals surface area contributed by atoms with E-state index in [2.05, 4.69) is 16.0 Å². The van der Waals surface area contributed by atoms with Gasteiger partial charge >= 0.3 is 18.0 Å². The second kappa shape index (κ2) is 25.0. The molecule has 2 fully saturated rings. The monoisotopic (exact) mass is 773 g/mol. The minimum absolute atomic E-state index is 0.00235. The number of aliphatic hydroxyl groups is 1. The van der Waals surface area contributed by atoms with Crippen LogP contribution in [-0.4, -0.2) is 124 Å². The van der Waals surface area contributed by atoms with E-state index in [0.29, 0.717) is 70.0 Å². The summed E-state index contributed by atoms with van der Waals surface area (Å²) in [6.07, 6.45) is 0.182. The first-order valence-electron chi connectivity index (χ1n) is 17.3. The standard InChI is InChI=1S/C34H51N3O13S2/c1-44-32(41)25(10-6-12-28-46-16-17-47-28)35-30(39)24(37-34(43)50-22-23-8-4-3-5-9-23)14-20-51-52-21-15-27(38)31(40)36-26(33(42)45-2)11-7-13-29-48-18-19-49-29/h3-5,8-9,24-29,38H,6-7,10-22H2,1-2H3,(H,35,39)(H,36,40)(H,37,43). The van der Waals surface area contributed by atoms with Gasteiger partial charge in [-0.2, -0.15) is 0 Å². The molecule has 292 valence electrons. The summed E-state index contributed by atoms with van der Waals surface area (Å²) < 4.78 is 36.7. The molecule has 4 atom stereocenters. The van der Waals surface area contributed by atoms with Crippen molar-refractivity contribution < 1.29 is 62.2 Å². The Labute approximate surface area is 311 Å². The van der Waals surface area contributed by atoms with Crippen LogP contribution in [0.5, 0.6) is 0 Å². The fourth-order valence-electron chi connectivity index (χ4n) is 5.20. The summed E-state index contributed by atoms with van der Waals surface area (Å²) in [7, 11) is 5.21. The zero-order valence-corrected chi connectivity index (χ0v) is 31.3. The number of ether oxygens (including phenoxy) is 7. The van der Waals surface area contributed by atoms with Gasteiger partial charge in [-0.3, -0.25) is 9.59 Å². The Bertz CT molecular complexity index is 1240. The summed E-state index contributed by atoms with van der Waals surface area (Å²) in [5.74, 6) is -1.73. The molecule has 0 bridgehead atoms. The van der Waals surface area contributed by atoms with Crippen molar-refractivity contribution in [3.63, 3.8) is 0 Å². The molecule has 1 aromatic rings. The Kier molecular flexibility index (Phi) is 20.8. The quantitative estimate of drug-likeness (QED) is 0.0515. The van der Waals surface area contributed by atoms with Crippen molar-refractivity contribution in [2.24, 2.45) is 0 Å². The fraction of sp³-hybridized carbons (Fsp3) is 0.676. The molecule has 2 aliphatic rings. The van der Waals surface area contributed by atoms with Crippen LogP contribution in [0.4, 0.5) is 4.79 Å². The van der Waals surface area contributed by atoms with Gasteiger partial charge in [0.05, 0.1) is 40.6 Å². The Morgan fingerprint density at radius 1 is 0.712 bits per heavy atom. The van der Waals surface area contributed by atoms with Crippen LogP contribution in [0.15, 0.2) is 30.3 Å². The summed E-state index contributed by atoms with van der Waals surface area (Å²) in [4.78, 5) is 63.5.